The minimum Gasteiger partial charge on any atom is -0.497 e. The fourth-order valence-electron chi connectivity index (χ4n) is 1.75. The van der Waals surface area contributed by atoms with Crippen LogP contribution in [0.4, 0.5) is 0 Å². The van der Waals surface area contributed by atoms with Crippen molar-refractivity contribution in [1.29, 1.82) is 0 Å². The molecule has 0 atom stereocenters. The van der Waals surface area contributed by atoms with E-state index in [4.69, 9.17) is 14.6 Å². The number of methoxy groups -OCH3 is 1. The van der Waals surface area contributed by atoms with Gasteiger partial charge in [-0.1, -0.05) is 0 Å². The Kier molecular flexibility index (Phi) is 5.08. The average molecular weight is 292 g/mol. The second kappa shape index (κ2) is 7.22. The van der Waals surface area contributed by atoms with E-state index in [-0.39, 0.29) is 6.54 Å². The highest BCUT2D eigenvalue weighted by molar-refractivity contribution is 5.66. The number of benzene rings is 1. The quantitative estimate of drug-likeness (QED) is 0.717. The molecular formula is C13H16N4O4. The minimum absolute atomic E-state index is 0.234. The predicted molar refractivity (Wildman–Crippen MR) is 72.3 cm³/mol. The van der Waals surface area contributed by atoms with Gasteiger partial charge in [0.05, 0.1) is 13.7 Å². The van der Waals surface area contributed by atoms with Crippen LogP contribution in [0.3, 0.4) is 0 Å². The number of rotatable bonds is 8. The number of hydrogen-bond acceptors (Lipinski definition) is 6. The number of nitrogens with zero attached hydrogens (tertiary/aromatic N) is 4. The summed E-state index contributed by atoms with van der Waals surface area (Å²) >= 11 is 0. The normalized spacial score (nSPS) is 10.3. The van der Waals surface area contributed by atoms with Crippen LogP contribution < -0.4 is 9.47 Å². The molecule has 0 aliphatic rings. The van der Waals surface area contributed by atoms with E-state index in [1.54, 1.807) is 7.11 Å². The lowest BCUT2D eigenvalue weighted by atomic mass is 10.3. The number of ether oxygens (including phenoxy) is 2. The minimum atomic E-state index is -0.974. The molecule has 0 fully saturated rings. The Morgan fingerprint density at radius 3 is 2.67 bits per heavy atom. The van der Waals surface area contributed by atoms with Crippen LogP contribution in [-0.4, -0.2) is 45.0 Å². The Balaban J connectivity index is 1.76. The number of carbonyl (C=O) groups is 1. The van der Waals surface area contributed by atoms with E-state index in [0.717, 1.165) is 11.5 Å². The smallest absolute Gasteiger partial charge is 0.325 e. The molecule has 21 heavy (non-hydrogen) atoms. The number of carboxylic acid groups (broad SMARTS) is 1. The third-order valence-corrected chi connectivity index (χ3v) is 2.76. The zero-order valence-electron chi connectivity index (χ0n) is 11.6. The Hall–Kier alpha value is -2.64. The van der Waals surface area contributed by atoms with Gasteiger partial charge in [0.15, 0.2) is 5.82 Å². The molecule has 1 aromatic heterocycles. The number of tetrazole rings is 1. The van der Waals surface area contributed by atoms with Gasteiger partial charge in [0.1, 0.15) is 18.0 Å². The molecule has 2 rings (SSSR count). The molecule has 8 heteroatoms. The molecule has 0 saturated carbocycles. The molecule has 0 radical (unpaired) electrons. The maximum atomic E-state index is 10.6. The molecule has 1 heterocycles. The summed E-state index contributed by atoms with van der Waals surface area (Å²) in [7, 11) is 1.61. The van der Waals surface area contributed by atoms with E-state index in [9.17, 15) is 4.79 Å². The number of hydrogen-bond donors (Lipinski definition) is 1. The van der Waals surface area contributed by atoms with Crippen LogP contribution in [0.5, 0.6) is 11.5 Å². The summed E-state index contributed by atoms with van der Waals surface area (Å²) in [5.41, 5.74) is 0. The van der Waals surface area contributed by atoms with Crippen molar-refractivity contribution in [3.8, 4) is 11.5 Å². The SMILES string of the molecule is COc1ccc(OCCCc2nnnn2CC(=O)O)cc1. The lowest BCUT2D eigenvalue weighted by Gasteiger charge is -2.06. The second-order valence-corrected chi connectivity index (χ2v) is 4.27. The van der Waals surface area contributed by atoms with Crippen molar-refractivity contribution in [3.63, 3.8) is 0 Å². The van der Waals surface area contributed by atoms with Crippen LogP contribution in [-0.2, 0) is 17.8 Å². The molecule has 112 valence electrons. The average Bonchev–Trinajstić information content (AvgIpc) is 2.91. The van der Waals surface area contributed by atoms with Gasteiger partial charge in [-0.05, 0) is 41.1 Å². The summed E-state index contributed by atoms with van der Waals surface area (Å²) < 4.78 is 11.9. The largest absolute Gasteiger partial charge is 0.497 e. The Morgan fingerprint density at radius 2 is 2.00 bits per heavy atom. The van der Waals surface area contributed by atoms with E-state index in [2.05, 4.69) is 15.5 Å². The van der Waals surface area contributed by atoms with Crippen molar-refractivity contribution >= 4 is 5.97 Å². The number of carboxylic acids is 1. The van der Waals surface area contributed by atoms with Crippen LogP contribution >= 0.6 is 0 Å². The summed E-state index contributed by atoms with van der Waals surface area (Å²) in [6, 6.07) is 7.30. The molecule has 0 spiro atoms. The summed E-state index contributed by atoms with van der Waals surface area (Å²) in [6.07, 6.45) is 1.24. The van der Waals surface area contributed by atoms with Gasteiger partial charge in [-0.15, -0.1) is 5.10 Å². The third-order valence-electron chi connectivity index (χ3n) is 2.76. The molecule has 1 N–H and O–H groups in total. The molecule has 2 aromatic rings. The highest BCUT2D eigenvalue weighted by Gasteiger charge is 2.09. The fourth-order valence-corrected chi connectivity index (χ4v) is 1.75. The highest BCUT2D eigenvalue weighted by Crippen LogP contribution is 2.17. The van der Waals surface area contributed by atoms with E-state index in [1.807, 2.05) is 24.3 Å². The van der Waals surface area contributed by atoms with Crippen molar-refractivity contribution in [2.45, 2.75) is 19.4 Å². The summed E-state index contributed by atoms with van der Waals surface area (Å²) in [4.78, 5) is 10.6. The third kappa shape index (κ3) is 4.44. The van der Waals surface area contributed by atoms with Gasteiger partial charge < -0.3 is 14.6 Å². The first kappa shape index (κ1) is 14.8. The number of aromatic nitrogens is 4. The fraction of sp³-hybridized carbons (Fsp3) is 0.385. The first-order chi connectivity index (χ1) is 10.2. The molecule has 0 aliphatic heterocycles. The maximum absolute atomic E-state index is 10.6. The molecule has 0 amide bonds. The van der Waals surface area contributed by atoms with Crippen molar-refractivity contribution in [2.75, 3.05) is 13.7 Å². The van der Waals surface area contributed by atoms with Gasteiger partial charge in [-0.25, -0.2) is 4.68 Å². The van der Waals surface area contributed by atoms with E-state index >= 15 is 0 Å². The molecule has 1 aromatic carbocycles. The van der Waals surface area contributed by atoms with Gasteiger partial charge in [-0.2, -0.15) is 0 Å². The lowest BCUT2D eigenvalue weighted by Crippen LogP contribution is -2.14. The van der Waals surface area contributed by atoms with Gasteiger partial charge in [0.25, 0.3) is 0 Å². The number of aliphatic carboxylic acids is 1. The highest BCUT2D eigenvalue weighted by atomic mass is 16.5. The molecule has 0 saturated heterocycles. The lowest BCUT2D eigenvalue weighted by molar-refractivity contribution is -0.138. The Labute approximate surface area is 121 Å². The van der Waals surface area contributed by atoms with Gasteiger partial charge in [0.2, 0.25) is 0 Å². The van der Waals surface area contributed by atoms with Crippen molar-refractivity contribution in [2.24, 2.45) is 0 Å². The topological polar surface area (TPSA) is 99.4 Å². The monoisotopic (exact) mass is 292 g/mol. The Morgan fingerprint density at radius 1 is 1.29 bits per heavy atom. The first-order valence-corrected chi connectivity index (χ1v) is 6.42. The number of aryl methyl sites for hydroxylation is 1. The van der Waals surface area contributed by atoms with Crippen LogP contribution in [0.1, 0.15) is 12.2 Å². The molecule has 8 nitrogen and oxygen atoms in total. The van der Waals surface area contributed by atoms with Gasteiger partial charge >= 0.3 is 5.97 Å². The van der Waals surface area contributed by atoms with Crippen LogP contribution in [0.25, 0.3) is 0 Å². The molecule has 0 unspecified atom stereocenters. The zero-order valence-corrected chi connectivity index (χ0v) is 11.6. The van der Waals surface area contributed by atoms with E-state index in [0.29, 0.717) is 25.3 Å². The predicted octanol–water partition coefficient (Wildman–Crippen LogP) is 0.778. The van der Waals surface area contributed by atoms with Crippen molar-refractivity contribution in [3.05, 3.63) is 30.1 Å². The van der Waals surface area contributed by atoms with Gasteiger partial charge in [-0.3, -0.25) is 4.79 Å². The molecule has 0 aliphatic carbocycles. The van der Waals surface area contributed by atoms with Crippen LogP contribution in [0.15, 0.2) is 24.3 Å². The van der Waals surface area contributed by atoms with Crippen LogP contribution in [0, 0.1) is 0 Å². The summed E-state index contributed by atoms with van der Waals surface area (Å²) in [6.45, 7) is 0.258. The van der Waals surface area contributed by atoms with Gasteiger partial charge in [0, 0.05) is 6.42 Å². The molecule has 0 bridgehead atoms. The summed E-state index contributed by atoms with van der Waals surface area (Å²) in [5.74, 6) is 1.09. The second-order valence-electron chi connectivity index (χ2n) is 4.27. The zero-order chi connectivity index (χ0) is 15.1. The van der Waals surface area contributed by atoms with Crippen molar-refractivity contribution in [1.82, 2.24) is 20.2 Å². The first-order valence-electron chi connectivity index (χ1n) is 6.42. The van der Waals surface area contributed by atoms with E-state index < -0.39 is 5.97 Å². The molecular weight excluding hydrogens is 276 g/mol. The summed E-state index contributed by atoms with van der Waals surface area (Å²) in [5, 5.41) is 19.6. The standard InChI is InChI=1S/C13H16N4O4/c1-20-10-4-6-11(7-5-10)21-8-2-3-12-14-15-16-17(12)9-13(18)19/h4-7H,2-3,8-9H2,1H3,(H,18,19). The van der Waals surface area contributed by atoms with E-state index in [1.165, 1.54) is 4.68 Å². The van der Waals surface area contributed by atoms with Crippen LogP contribution in [0.2, 0.25) is 0 Å². The van der Waals surface area contributed by atoms with Crippen molar-refractivity contribution < 1.29 is 19.4 Å². The Bertz CT molecular complexity index is 582. The maximum Gasteiger partial charge on any atom is 0.325 e.